The maximum atomic E-state index is 13.2. The normalized spacial score (nSPS) is 15.7. The number of rotatable bonds is 3. The second kappa shape index (κ2) is 5.78. The molecule has 1 aliphatic rings. The van der Waals surface area contributed by atoms with Crippen LogP contribution in [0.1, 0.15) is 27.6 Å². The molecule has 1 unspecified atom stereocenters. The van der Waals surface area contributed by atoms with Gasteiger partial charge in [-0.3, -0.25) is 9.59 Å². The number of hydrogen-bond acceptors (Lipinski definition) is 3. The smallest absolute Gasteiger partial charge is 0.351 e. The number of benzene rings is 3. The van der Waals surface area contributed by atoms with Gasteiger partial charge in [0.1, 0.15) is 0 Å². The summed E-state index contributed by atoms with van der Waals surface area (Å²) in [7, 11) is 0. The number of amides is 2. The molecule has 0 spiro atoms. The molecule has 2 heterocycles. The molecular weight excluding hydrogens is 368 g/mol. The summed E-state index contributed by atoms with van der Waals surface area (Å²) < 4.78 is 1.57. The van der Waals surface area contributed by atoms with E-state index in [4.69, 9.17) is 0 Å². The van der Waals surface area contributed by atoms with Crippen molar-refractivity contribution >= 4 is 39.6 Å². The van der Waals surface area contributed by atoms with E-state index in [0.717, 1.165) is 15.7 Å². The van der Waals surface area contributed by atoms with Crippen LogP contribution in [0.5, 0.6) is 0 Å². The number of aliphatic carboxylic acids is 1. The number of hydrogen-bond donors (Lipinski definition) is 1. The van der Waals surface area contributed by atoms with E-state index >= 15 is 0 Å². The van der Waals surface area contributed by atoms with Crippen LogP contribution >= 0.6 is 0 Å². The topological polar surface area (TPSA) is 79.6 Å². The van der Waals surface area contributed by atoms with Gasteiger partial charge in [0.2, 0.25) is 5.66 Å². The van der Waals surface area contributed by atoms with Gasteiger partial charge in [0.15, 0.2) is 0 Å². The van der Waals surface area contributed by atoms with Gasteiger partial charge in [-0.25, -0.2) is 9.69 Å². The lowest BCUT2D eigenvalue weighted by atomic mass is 10.1. The van der Waals surface area contributed by atoms with Crippen LogP contribution in [0, 0.1) is 0 Å². The van der Waals surface area contributed by atoms with Crippen molar-refractivity contribution in [3.05, 3.63) is 83.9 Å². The van der Waals surface area contributed by atoms with Crippen LogP contribution < -0.4 is 0 Å². The van der Waals surface area contributed by atoms with E-state index in [2.05, 4.69) is 0 Å². The number of nitrogens with zero attached hydrogens (tertiary/aromatic N) is 2. The summed E-state index contributed by atoms with van der Waals surface area (Å²) in [6.07, 6.45) is 0. The predicted octanol–water partition coefficient (Wildman–Crippen LogP) is 3.85. The lowest BCUT2D eigenvalue weighted by Gasteiger charge is -2.36. The van der Waals surface area contributed by atoms with Crippen molar-refractivity contribution in [2.75, 3.05) is 0 Å². The zero-order valence-corrected chi connectivity index (χ0v) is 15.5. The third kappa shape index (κ3) is 2.08. The van der Waals surface area contributed by atoms with Gasteiger partial charge in [-0.2, -0.15) is 0 Å². The van der Waals surface area contributed by atoms with Crippen molar-refractivity contribution in [3.63, 3.8) is 0 Å². The minimum Gasteiger partial charge on any atom is -0.478 e. The molecule has 0 bridgehead atoms. The Hall–Kier alpha value is -3.93. The van der Waals surface area contributed by atoms with Gasteiger partial charge in [-0.05, 0) is 31.2 Å². The average molecular weight is 384 g/mol. The highest BCUT2D eigenvalue weighted by molar-refractivity contribution is 6.23. The molecule has 1 N–H and O–H groups in total. The average Bonchev–Trinajstić information content (AvgIpc) is 3.21. The maximum absolute atomic E-state index is 13.2. The number of para-hydroxylation sites is 2. The first-order valence-electron chi connectivity index (χ1n) is 9.16. The largest absolute Gasteiger partial charge is 0.478 e. The zero-order chi connectivity index (χ0) is 20.3. The van der Waals surface area contributed by atoms with E-state index in [1.54, 1.807) is 41.0 Å². The summed E-state index contributed by atoms with van der Waals surface area (Å²) >= 11 is 0. The van der Waals surface area contributed by atoms with Gasteiger partial charge in [-0.15, -0.1) is 0 Å². The summed E-state index contributed by atoms with van der Waals surface area (Å²) in [5, 5.41) is 12.0. The molecule has 3 aromatic carbocycles. The Morgan fingerprint density at radius 1 is 0.759 bits per heavy atom. The van der Waals surface area contributed by atoms with Gasteiger partial charge in [0.05, 0.1) is 22.2 Å². The quantitative estimate of drug-likeness (QED) is 0.544. The van der Waals surface area contributed by atoms with Crippen molar-refractivity contribution < 1.29 is 19.5 Å². The Kier molecular flexibility index (Phi) is 3.43. The van der Waals surface area contributed by atoms with E-state index < -0.39 is 23.4 Å². The van der Waals surface area contributed by atoms with Crippen LogP contribution in [0.15, 0.2) is 72.8 Å². The van der Waals surface area contributed by atoms with Crippen LogP contribution in [0.4, 0.5) is 0 Å². The van der Waals surface area contributed by atoms with Gasteiger partial charge in [0, 0.05) is 10.8 Å². The number of carbonyl (C=O) groups excluding carboxylic acids is 2. The van der Waals surface area contributed by atoms with Crippen molar-refractivity contribution in [1.82, 2.24) is 9.47 Å². The molecular formula is C23H16N2O4. The molecule has 6 nitrogen and oxygen atoms in total. The molecule has 0 fully saturated rings. The van der Waals surface area contributed by atoms with Crippen molar-refractivity contribution in [3.8, 4) is 0 Å². The first kappa shape index (κ1) is 17.2. The molecule has 0 aliphatic carbocycles. The second-order valence-electron chi connectivity index (χ2n) is 7.19. The standard InChI is InChI=1S/C23H16N2O4/c1-23(22(28)29,25-20(26)16-10-2-3-11-17(16)21(25)27)24-18-12-6-4-8-14(18)15-9-5-7-13-19(15)24/h2-13H,1H3,(H,28,29). The fourth-order valence-electron chi connectivity index (χ4n) is 4.27. The molecule has 29 heavy (non-hydrogen) atoms. The number of fused-ring (bicyclic) bond motifs is 4. The molecule has 142 valence electrons. The van der Waals surface area contributed by atoms with Crippen LogP contribution in [0.3, 0.4) is 0 Å². The summed E-state index contributed by atoms with van der Waals surface area (Å²) in [6.45, 7) is 1.40. The predicted molar refractivity (Wildman–Crippen MR) is 108 cm³/mol. The molecule has 6 heteroatoms. The SMILES string of the molecule is CC(C(=O)O)(N1C(=O)c2ccccc2C1=O)n1c2ccccc2c2ccccc21. The minimum absolute atomic E-state index is 0.214. The van der Waals surface area contributed by atoms with Gasteiger partial charge >= 0.3 is 5.97 Å². The lowest BCUT2D eigenvalue weighted by molar-refractivity contribution is -0.152. The van der Waals surface area contributed by atoms with E-state index in [0.29, 0.717) is 11.0 Å². The minimum atomic E-state index is -1.95. The van der Waals surface area contributed by atoms with E-state index in [1.807, 2.05) is 36.4 Å². The Labute approximate surface area is 165 Å². The van der Waals surface area contributed by atoms with E-state index in [-0.39, 0.29) is 11.1 Å². The number of carboxylic acids is 1. The third-order valence-electron chi connectivity index (χ3n) is 5.65. The third-order valence-corrected chi connectivity index (χ3v) is 5.65. The maximum Gasteiger partial charge on any atom is 0.351 e. The molecule has 0 saturated carbocycles. The van der Waals surface area contributed by atoms with Crippen molar-refractivity contribution in [2.24, 2.45) is 0 Å². The van der Waals surface area contributed by atoms with Crippen molar-refractivity contribution in [2.45, 2.75) is 12.6 Å². The molecule has 4 aromatic rings. The molecule has 0 radical (unpaired) electrons. The summed E-state index contributed by atoms with van der Waals surface area (Å²) in [5.74, 6) is -2.52. The first-order valence-corrected chi connectivity index (χ1v) is 9.16. The molecule has 0 saturated heterocycles. The highest BCUT2D eigenvalue weighted by atomic mass is 16.4. The molecule has 1 aliphatic heterocycles. The Morgan fingerprint density at radius 2 is 1.17 bits per heavy atom. The van der Waals surface area contributed by atoms with Crippen molar-refractivity contribution in [1.29, 1.82) is 0 Å². The molecule has 5 rings (SSSR count). The van der Waals surface area contributed by atoms with Crippen LogP contribution in [0.2, 0.25) is 0 Å². The van der Waals surface area contributed by atoms with Gasteiger partial charge < -0.3 is 9.67 Å². The highest BCUT2D eigenvalue weighted by Gasteiger charge is 2.53. The van der Waals surface area contributed by atoms with E-state index in [1.165, 1.54) is 6.92 Å². The van der Waals surface area contributed by atoms with Gasteiger partial charge in [0.25, 0.3) is 11.8 Å². The fourth-order valence-corrected chi connectivity index (χ4v) is 4.27. The number of carbonyl (C=O) groups is 3. The summed E-state index contributed by atoms with van der Waals surface area (Å²) in [6, 6.07) is 21.2. The molecule has 1 atom stereocenters. The summed E-state index contributed by atoms with van der Waals surface area (Å²) in [4.78, 5) is 39.8. The van der Waals surface area contributed by atoms with Crippen LogP contribution in [-0.2, 0) is 10.5 Å². The van der Waals surface area contributed by atoms with Crippen LogP contribution in [-0.4, -0.2) is 32.4 Å². The summed E-state index contributed by atoms with van der Waals surface area (Å²) in [5.41, 5.74) is -0.252. The number of imide groups is 1. The van der Waals surface area contributed by atoms with Gasteiger partial charge in [-0.1, -0.05) is 48.5 Å². The monoisotopic (exact) mass is 384 g/mol. The second-order valence-corrected chi connectivity index (χ2v) is 7.19. The van der Waals surface area contributed by atoms with E-state index in [9.17, 15) is 19.5 Å². The Bertz CT molecular complexity index is 1270. The first-order chi connectivity index (χ1) is 14.0. The molecule has 2 amide bonds. The Morgan fingerprint density at radius 3 is 1.62 bits per heavy atom. The molecule has 1 aromatic heterocycles. The lowest BCUT2D eigenvalue weighted by Crippen LogP contribution is -2.56. The number of carboxylic acid groups (broad SMARTS) is 1. The van der Waals surface area contributed by atoms with Crippen LogP contribution in [0.25, 0.3) is 21.8 Å². The Balaban J connectivity index is 1.87. The fraction of sp³-hybridized carbons (Fsp3) is 0.0870. The zero-order valence-electron chi connectivity index (χ0n) is 15.5. The highest BCUT2D eigenvalue weighted by Crippen LogP contribution is 2.39. The number of aromatic nitrogens is 1.